The molecule has 0 radical (unpaired) electrons. The topological polar surface area (TPSA) is 77.7 Å². The molecule has 1 heterocycles. The molecule has 2 aromatic rings. The van der Waals surface area contributed by atoms with Gasteiger partial charge in [0.05, 0.1) is 41.8 Å². The smallest absolute Gasteiger partial charge is 0.148 e. The molecule has 0 aliphatic heterocycles. The first kappa shape index (κ1) is 17.7. The van der Waals surface area contributed by atoms with Gasteiger partial charge in [0.25, 0.3) is 0 Å². The average Bonchev–Trinajstić information content (AvgIpc) is 2.76. The van der Waals surface area contributed by atoms with Crippen LogP contribution in [0.25, 0.3) is 10.9 Å². The standard InChI is InChI=1S/C17H25FN2O3/c1-10(2)19-14-5-11-6-16(17(3,4)23)20(8-12(22)9-21)15(11)7-13(14)18/h5-7,10,12,19,21-23H,8-9H2,1-4H3/t12-/m1/s1. The number of hydrogen-bond donors (Lipinski definition) is 4. The minimum atomic E-state index is -1.16. The summed E-state index contributed by atoms with van der Waals surface area (Å²) in [7, 11) is 0. The third-order valence-corrected chi connectivity index (χ3v) is 3.67. The predicted octanol–water partition coefficient (Wildman–Crippen LogP) is 2.18. The Morgan fingerprint density at radius 3 is 2.43 bits per heavy atom. The number of nitrogens with zero attached hydrogens (tertiary/aromatic N) is 1. The second-order valence-corrected chi connectivity index (χ2v) is 6.73. The maximum Gasteiger partial charge on any atom is 0.148 e. The van der Waals surface area contributed by atoms with Crippen molar-refractivity contribution in [2.24, 2.45) is 0 Å². The fourth-order valence-electron chi connectivity index (χ4n) is 2.68. The number of anilines is 1. The monoisotopic (exact) mass is 324 g/mol. The van der Waals surface area contributed by atoms with Crippen molar-refractivity contribution in [3.63, 3.8) is 0 Å². The molecule has 0 bridgehead atoms. The number of halogens is 1. The molecule has 0 unspecified atom stereocenters. The van der Waals surface area contributed by atoms with Gasteiger partial charge >= 0.3 is 0 Å². The van der Waals surface area contributed by atoms with E-state index in [0.29, 0.717) is 16.9 Å². The van der Waals surface area contributed by atoms with Gasteiger partial charge in [0.2, 0.25) is 0 Å². The first-order chi connectivity index (χ1) is 10.6. The van der Waals surface area contributed by atoms with Gasteiger partial charge in [0.1, 0.15) is 5.82 Å². The Morgan fingerprint density at radius 2 is 1.91 bits per heavy atom. The van der Waals surface area contributed by atoms with Gasteiger partial charge in [-0.25, -0.2) is 4.39 Å². The molecule has 0 amide bonds. The molecular weight excluding hydrogens is 299 g/mol. The van der Waals surface area contributed by atoms with Crippen molar-refractivity contribution in [1.82, 2.24) is 4.57 Å². The van der Waals surface area contributed by atoms with E-state index in [-0.39, 0.29) is 12.6 Å². The zero-order valence-electron chi connectivity index (χ0n) is 14.0. The van der Waals surface area contributed by atoms with E-state index < -0.39 is 24.1 Å². The number of nitrogens with one attached hydrogen (secondary N) is 1. The zero-order valence-corrected chi connectivity index (χ0v) is 14.0. The molecule has 0 saturated carbocycles. The van der Waals surface area contributed by atoms with Crippen molar-refractivity contribution in [3.8, 4) is 0 Å². The fraction of sp³-hybridized carbons (Fsp3) is 0.529. The van der Waals surface area contributed by atoms with Crippen LogP contribution in [-0.4, -0.2) is 38.6 Å². The van der Waals surface area contributed by atoms with E-state index in [0.717, 1.165) is 5.39 Å². The Kier molecular flexibility index (Phi) is 4.98. The summed E-state index contributed by atoms with van der Waals surface area (Å²) >= 11 is 0. The Labute approximate surface area is 135 Å². The largest absolute Gasteiger partial charge is 0.394 e. The molecule has 1 aromatic heterocycles. The van der Waals surface area contributed by atoms with Crippen LogP contribution in [0.3, 0.4) is 0 Å². The maximum atomic E-state index is 14.3. The summed E-state index contributed by atoms with van der Waals surface area (Å²) in [5.41, 5.74) is 0.369. The number of benzene rings is 1. The summed E-state index contributed by atoms with van der Waals surface area (Å²) in [5, 5.41) is 33.0. The van der Waals surface area contributed by atoms with Crippen LogP contribution >= 0.6 is 0 Å². The lowest BCUT2D eigenvalue weighted by molar-refractivity contribution is 0.0569. The van der Waals surface area contributed by atoms with E-state index in [1.54, 1.807) is 30.5 Å². The molecule has 0 saturated heterocycles. The average molecular weight is 324 g/mol. The molecule has 5 nitrogen and oxygen atoms in total. The highest BCUT2D eigenvalue weighted by atomic mass is 19.1. The van der Waals surface area contributed by atoms with Gasteiger partial charge in [-0.05, 0) is 39.8 Å². The number of fused-ring (bicyclic) bond motifs is 1. The van der Waals surface area contributed by atoms with Crippen LogP contribution in [0.2, 0.25) is 0 Å². The van der Waals surface area contributed by atoms with Crippen LogP contribution in [0.4, 0.5) is 10.1 Å². The van der Waals surface area contributed by atoms with E-state index >= 15 is 0 Å². The summed E-state index contributed by atoms with van der Waals surface area (Å²) < 4.78 is 16.0. The van der Waals surface area contributed by atoms with E-state index in [1.165, 1.54) is 6.07 Å². The quantitative estimate of drug-likeness (QED) is 0.657. The SMILES string of the molecule is CC(C)Nc1cc2cc(C(C)(C)O)n(C[C@@H](O)CO)c2cc1F. The molecule has 1 atom stereocenters. The van der Waals surface area contributed by atoms with Gasteiger partial charge < -0.3 is 25.2 Å². The van der Waals surface area contributed by atoms with Gasteiger partial charge in [0, 0.05) is 17.5 Å². The van der Waals surface area contributed by atoms with Gasteiger partial charge in [-0.2, -0.15) is 0 Å². The first-order valence-electron chi connectivity index (χ1n) is 7.74. The van der Waals surface area contributed by atoms with Gasteiger partial charge in [-0.1, -0.05) is 0 Å². The third-order valence-electron chi connectivity index (χ3n) is 3.67. The van der Waals surface area contributed by atoms with Crippen molar-refractivity contribution in [3.05, 3.63) is 29.7 Å². The highest BCUT2D eigenvalue weighted by Crippen LogP contribution is 2.31. The number of aliphatic hydroxyl groups is 3. The molecule has 0 aliphatic rings. The summed E-state index contributed by atoms with van der Waals surface area (Å²) in [6.45, 7) is 6.79. The van der Waals surface area contributed by atoms with Gasteiger partial charge in [-0.15, -0.1) is 0 Å². The van der Waals surface area contributed by atoms with Crippen molar-refractivity contribution in [2.75, 3.05) is 11.9 Å². The highest BCUT2D eigenvalue weighted by molar-refractivity contribution is 5.85. The summed E-state index contributed by atoms with van der Waals surface area (Å²) in [6, 6.07) is 4.96. The molecule has 128 valence electrons. The normalized spacial score (nSPS) is 13.8. The van der Waals surface area contributed by atoms with E-state index in [2.05, 4.69) is 5.32 Å². The first-order valence-corrected chi connectivity index (χ1v) is 7.74. The molecule has 2 rings (SSSR count). The zero-order chi connectivity index (χ0) is 17.4. The fourth-order valence-corrected chi connectivity index (χ4v) is 2.68. The van der Waals surface area contributed by atoms with E-state index in [4.69, 9.17) is 5.11 Å². The number of aromatic nitrogens is 1. The Bertz CT molecular complexity index is 689. The van der Waals surface area contributed by atoms with E-state index in [9.17, 15) is 14.6 Å². The minimum Gasteiger partial charge on any atom is -0.394 e. The van der Waals surface area contributed by atoms with Crippen LogP contribution in [0.1, 0.15) is 33.4 Å². The maximum absolute atomic E-state index is 14.3. The second kappa shape index (κ2) is 6.47. The predicted molar refractivity (Wildman–Crippen MR) is 89.0 cm³/mol. The van der Waals surface area contributed by atoms with Crippen LogP contribution < -0.4 is 5.32 Å². The van der Waals surface area contributed by atoms with Crippen molar-refractivity contribution in [1.29, 1.82) is 0 Å². The van der Waals surface area contributed by atoms with Crippen LogP contribution in [0.5, 0.6) is 0 Å². The van der Waals surface area contributed by atoms with Crippen LogP contribution in [-0.2, 0) is 12.1 Å². The summed E-state index contributed by atoms with van der Waals surface area (Å²) in [5.74, 6) is -0.397. The molecule has 0 aliphatic carbocycles. The lowest BCUT2D eigenvalue weighted by Gasteiger charge is -2.22. The van der Waals surface area contributed by atoms with Gasteiger partial charge in [-0.3, -0.25) is 0 Å². The molecule has 1 aromatic carbocycles. The van der Waals surface area contributed by atoms with Crippen LogP contribution in [0.15, 0.2) is 18.2 Å². The Morgan fingerprint density at radius 1 is 1.26 bits per heavy atom. The lowest BCUT2D eigenvalue weighted by atomic mass is 10.1. The molecule has 23 heavy (non-hydrogen) atoms. The highest BCUT2D eigenvalue weighted by Gasteiger charge is 2.24. The Balaban J connectivity index is 2.62. The van der Waals surface area contributed by atoms with Crippen molar-refractivity contribution >= 4 is 16.6 Å². The Hall–Kier alpha value is -1.63. The second-order valence-electron chi connectivity index (χ2n) is 6.73. The number of rotatable bonds is 6. The summed E-state index contributed by atoms with van der Waals surface area (Å²) in [6.07, 6.45) is -0.983. The molecular formula is C17H25FN2O3. The molecule has 0 spiro atoms. The minimum absolute atomic E-state index is 0.0791. The number of aliphatic hydroxyl groups excluding tert-OH is 2. The van der Waals surface area contributed by atoms with Crippen molar-refractivity contribution in [2.45, 2.75) is 52.0 Å². The molecule has 0 fully saturated rings. The van der Waals surface area contributed by atoms with E-state index in [1.807, 2.05) is 13.8 Å². The van der Waals surface area contributed by atoms with Crippen molar-refractivity contribution < 1.29 is 19.7 Å². The van der Waals surface area contributed by atoms with Gasteiger partial charge in [0.15, 0.2) is 0 Å². The van der Waals surface area contributed by atoms with Crippen LogP contribution in [0, 0.1) is 5.82 Å². The molecule has 4 N–H and O–H groups in total. The summed E-state index contributed by atoms with van der Waals surface area (Å²) in [4.78, 5) is 0. The number of hydrogen-bond acceptors (Lipinski definition) is 4. The molecule has 6 heteroatoms. The lowest BCUT2D eigenvalue weighted by Crippen LogP contribution is -2.26. The third kappa shape index (κ3) is 3.83.